The third kappa shape index (κ3) is 2.28. The van der Waals surface area contributed by atoms with Crippen LogP contribution in [0.3, 0.4) is 0 Å². The number of benzene rings is 1. The summed E-state index contributed by atoms with van der Waals surface area (Å²) < 4.78 is 0. The quantitative estimate of drug-likeness (QED) is 0.894. The fourth-order valence-corrected chi connectivity index (χ4v) is 2.84. The van der Waals surface area contributed by atoms with Crippen LogP contribution in [-0.2, 0) is 0 Å². The van der Waals surface area contributed by atoms with E-state index in [-0.39, 0.29) is 0 Å². The van der Waals surface area contributed by atoms with Gasteiger partial charge in [0.1, 0.15) is 0 Å². The molecule has 1 fully saturated rings. The minimum atomic E-state index is 0.668. The van der Waals surface area contributed by atoms with Gasteiger partial charge in [-0.2, -0.15) is 5.10 Å². The van der Waals surface area contributed by atoms with Crippen LogP contribution in [-0.4, -0.2) is 29.8 Å². The van der Waals surface area contributed by atoms with Gasteiger partial charge in [0, 0.05) is 23.9 Å². The van der Waals surface area contributed by atoms with Gasteiger partial charge in [-0.1, -0.05) is 24.3 Å². The molecule has 4 heteroatoms. The Bertz CT molecular complexity index is 573. The fourth-order valence-electron chi connectivity index (χ4n) is 2.84. The van der Waals surface area contributed by atoms with Gasteiger partial charge in [-0.05, 0) is 32.2 Å². The molecule has 4 nitrogen and oxygen atoms in total. The van der Waals surface area contributed by atoms with Crippen LogP contribution < -0.4 is 10.6 Å². The van der Waals surface area contributed by atoms with Gasteiger partial charge in [-0.15, -0.1) is 5.10 Å². The van der Waals surface area contributed by atoms with Gasteiger partial charge in [-0.25, -0.2) is 0 Å². The lowest BCUT2D eigenvalue weighted by Crippen LogP contribution is -2.36. The van der Waals surface area contributed by atoms with E-state index < -0.39 is 0 Å². The first-order valence-corrected chi connectivity index (χ1v) is 6.96. The highest BCUT2D eigenvalue weighted by Gasteiger charge is 2.21. The van der Waals surface area contributed by atoms with Gasteiger partial charge >= 0.3 is 0 Å². The predicted octanol–water partition coefficient (Wildman–Crippen LogP) is 2.11. The predicted molar refractivity (Wildman–Crippen MR) is 78.3 cm³/mol. The summed E-state index contributed by atoms with van der Waals surface area (Å²) in [5.41, 5.74) is 6.75. The van der Waals surface area contributed by atoms with Crippen LogP contribution >= 0.6 is 0 Å². The van der Waals surface area contributed by atoms with Gasteiger partial charge < -0.3 is 10.6 Å². The van der Waals surface area contributed by atoms with Crippen molar-refractivity contribution in [1.82, 2.24) is 10.2 Å². The standard InChI is InChI=1S/C15H20N4/c1-11-13-4-2-3-5-14(13)15(18-17-11)19-8-6-12(10-16)7-9-19/h2-5,12H,6-10,16H2,1H3. The molecule has 0 atom stereocenters. The summed E-state index contributed by atoms with van der Waals surface area (Å²) in [7, 11) is 0. The molecular formula is C15H20N4. The third-order valence-corrected chi connectivity index (χ3v) is 4.10. The second-order valence-corrected chi connectivity index (χ2v) is 5.32. The largest absolute Gasteiger partial charge is 0.355 e. The molecule has 0 spiro atoms. The van der Waals surface area contributed by atoms with Gasteiger partial charge in [-0.3, -0.25) is 0 Å². The highest BCUT2D eigenvalue weighted by atomic mass is 15.3. The normalized spacial score (nSPS) is 17.1. The van der Waals surface area contributed by atoms with Crippen LogP contribution in [0.4, 0.5) is 5.82 Å². The maximum absolute atomic E-state index is 5.75. The Morgan fingerprint density at radius 1 is 1.16 bits per heavy atom. The number of nitrogens with zero attached hydrogens (tertiary/aromatic N) is 3. The first-order valence-electron chi connectivity index (χ1n) is 6.96. The molecule has 0 amide bonds. The van der Waals surface area contributed by atoms with Crippen molar-refractivity contribution < 1.29 is 0 Å². The Hall–Kier alpha value is -1.68. The first kappa shape index (κ1) is 12.4. The van der Waals surface area contributed by atoms with Crippen molar-refractivity contribution in [3.8, 4) is 0 Å². The third-order valence-electron chi connectivity index (χ3n) is 4.10. The Balaban J connectivity index is 1.95. The van der Waals surface area contributed by atoms with Crippen LogP contribution in [0.15, 0.2) is 24.3 Å². The molecule has 0 radical (unpaired) electrons. The summed E-state index contributed by atoms with van der Waals surface area (Å²) >= 11 is 0. The number of rotatable bonds is 2. The van der Waals surface area contributed by atoms with E-state index in [1.54, 1.807) is 0 Å². The van der Waals surface area contributed by atoms with Crippen LogP contribution in [0, 0.1) is 12.8 Å². The molecule has 2 heterocycles. The summed E-state index contributed by atoms with van der Waals surface area (Å²) in [4.78, 5) is 2.35. The lowest BCUT2D eigenvalue weighted by molar-refractivity contribution is 0.413. The van der Waals surface area contributed by atoms with Crippen molar-refractivity contribution in [3.05, 3.63) is 30.0 Å². The average Bonchev–Trinajstić information content (AvgIpc) is 2.48. The maximum Gasteiger partial charge on any atom is 0.159 e. The molecule has 0 saturated carbocycles. The van der Waals surface area contributed by atoms with Crippen LogP contribution in [0.1, 0.15) is 18.5 Å². The Morgan fingerprint density at radius 3 is 2.53 bits per heavy atom. The van der Waals surface area contributed by atoms with Gasteiger partial charge in [0.15, 0.2) is 5.82 Å². The molecule has 1 saturated heterocycles. The number of nitrogens with two attached hydrogens (primary N) is 1. The number of hydrogen-bond acceptors (Lipinski definition) is 4. The number of piperidine rings is 1. The van der Waals surface area contributed by atoms with Gasteiger partial charge in [0.2, 0.25) is 0 Å². The molecule has 0 unspecified atom stereocenters. The topological polar surface area (TPSA) is 55.0 Å². The molecule has 1 aromatic heterocycles. The summed E-state index contributed by atoms with van der Waals surface area (Å²) in [6.45, 7) is 4.88. The second-order valence-electron chi connectivity index (χ2n) is 5.32. The molecule has 1 aliphatic heterocycles. The molecule has 19 heavy (non-hydrogen) atoms. The van der Waals surface area contributed by atoms with E-state index in [0.29, 0.717) is 5.92 Å². The van der Waals surface area contributed by atoms with E-state index in [9.17, 15) is 0 Å². The second kappa shape index (κ2) is 5.13. The van der Waals surface area contributed by atoms with Crippen molar-refractivity contribution in [2.75, 3.05) is 24.5 Å². The molecule has 0 bridgehead atoms. The SMILES string of the molecule is Cc1nnc(N2CCC(CN)CC2)c2ccccc12. The summed E-state index contributed by atoms with van der Waals surface area (Å²) in [5.74, 6) is 1.69. The highest BCUT2D eigenvalue weighted by molar-refractivity contribution is 5.93. The van der Waals surface area contributed by atoms with Gasteiger partial charge in [0.25, 0.3) is 0 Å². The molecule has 1 aromatic carbocycles. The maximum atomic E-state index is 5.75. The van der Waals surface area contributed by atoms with Crippen LogP contribution in [0.2, 0.25) is 0 Å². The monoisotopic (exact) mass is 256 g/mol. The summed E-state index contributed by atoms with van der Waals surface area (Å²) in [6.07, 6.45) is 2.31. The Kier molecular flexibility index (Phi) is 3.34. The van der Waals surface area contributed by atoms with E-state index in [0.717, 1.165) is 44.0 Å². The molecule has 100 valence electrons. The van der Waals surface area contributed by atoms with Crippen LogP contribution in [0.5, 0.6) is 0 Å². The molecule has 3 rings (SSSR count). The molecule has 2 N–H and O–H groups in total. The number of aromatic nitrogens is 2. The zero-order valence-corrected chi connectivity index (χ0v) is 11.3. The zero-order valence-electron chi connectivity index (χ0n) is 11.3. The molecule has 1 aliphatic rings. The molecule has 2 aromatic rings. The van der Waals surface area contributed by atoms with Crippen LogP contribution in [0.25, 0.3) is 10.8 Å². The highest BCUT2D eigenvalue weighted by Crippen LogP contribution is 2.28. The van der Waals surface area contributed by atoms with E-state index >= 15 is 0 Å². The van der Waals surface area contributed by atoms with Crippen molar-refractivity contribution in [3.63, 3.8) is 0 Å². The van der Waals surface area contributed by atoms with E-state index in [1.165, 1.54) is 10.8 Å². The van der Waals surface area contributed by atoms with E-state index in [4.69, 9.17) is 5.73 Å². The van der Waals surface area contributed by atoms with Crippen molar-refractivity contribution in [1.29, 1.82) is 0 Å². The number of aryl methyl sites for hydroxylation is 1. The van der Waals surface area contributed by atoms with Crippen molar-refractivity contribution >= 4 is 16.6 Å². The summed E-state index contributed by atoms with van der Waals surface area (Å²) in [5, 5.41) is 11.1. The molecule has 0 aliphatic carbocycles. The minimum absolute atomic E-state index is 0.668. The number of anilines is 1. The van der Waals surface area contributed by atoms with Crippen molar-refractivity contribution in [2.45, 2.75) is 19.8 Å². The van der Waals surface area contributed by atoms with E-state index in [1.807, 2.05) is 6.92 Å². The fraction of sp³-hybridized carbons (Fsp3) is 0.467. The first-order chi connectivity index (χ1) is 9.29. The lowest BCUT2D eigenvalue weighted by atomic mass is 9.97. The zero-order chi connectivity index (χ0) is 13.2. The average molecular weight is 256 g/mol. The smallest absolute Gasteiger partial charge is 0.159 e. The van der Waals surface area contributed by atoms with Crippen molar-refractivity contribution in [2.24, 2.45) is 11.7 Å². The van der Waals surface area contributed by atoms with E-state index in [2.05, 4.69) is 39.4 Å². The number of hydrogen-bond donors (Lipinski definition) is 1. The summed E-state index contributed by atoms with van der Waals surface area (Å²) in [6, 6.07) is 8.39. The Morgan fingerprint density at radius 2 is 1.84 bits per heavy atom. The minimum Gasteiger partial charge on any atom is -0.355 e. The number of fused-ring (bicyclic) bond motifs is 1. The Labute approximate surface area is 113 Å². The molecular weight excluding hydrogens is 236 g/mol. The lowest BCUT2D eigenvalue weighted by Gasteiger charge is -2.32. The van der Waals surface area contributed by atoms with Gasteiger partial charge in [0.05, 0.1) is 5.69 Å².